The molecule has 4 rings (SSSR count). The molecular formula is C39H60N2. The standard InChI is InChI=1S/C39H60N2/c1-7-9-11-13-15-21-30-40-34-26-19-17-24-32(34)38(3,4)36(40)28-23-29-37-39(5,6)33-25-18-20-27-35(33)41(37)31-22-16-14-12-10-8-2/h17-20,23-28,36-37H,7-16,21-22,29-31H2,1-6H3/b28-23+. The average Bonchev–Trinajstić information content (AvgIpc) is 3.31. The van der Waals surface area contributed by atoms with Gasteiger partial charge >= 0.3 is 0 Å². The van der Waals surface area contributed by atoms with E-state index in [2.05, 4.69) is 112 Å². The molecule has 0 bridgehead atoms. The molecule has 2 nitrogen and oxygen atoms in total. The van der Waals surface area contributed by atoms with E-state index in [9.17, 15) is 0 Å². The molecule has 0 fully saturated rings. The third kappa shape index (κ3) is 7.23. The molecule has 0 saturated heterocycles. The fourth-order valence-electron chi connectivity index (χ4n) is 7.74. The summed E-state index contributed by atoms with van der Waals surface area (Å²) in [7, 11) is 0. The van der Waals surface area contributed by atoms with Crippen LogP contribution in [0.4, 0.5) is 11.4 Å². The number of hydrogen-bond acceptors (Lipinski definition) is 2. The van der Waals surface area contributed by atoms with E-state index in [1.807, 2.05) is 0 Å². The summed E-state index contributed by atoms with van der Waals surface area (Å²) in [5.41, 5.74) is 6.24. The number of benzene rings is 2. The van der Waals surface area contributed by atoms with Gasteiger partial charge in [-0.2, -0.15) is 0 Å². The van der Waals surface area contributed by atoms with Crippen LogP contribution < -0.4 is 9.80 Å². The van der Waals surface area contributed by atoms with Crippen molar-refractivity contribution in [3.8, 4) is 0 Å². The fraction of sp³-hybridized carbons (Fsp3) is 0.641. The van der Waals surface area contributed by atoms with Crippen LogP contribution in [0.15, 0.2) is 60.7 Å². The third-order valence-electron chi connectivity index (χ3n) is 10.3. The van der Waals surface area contributed by atoms with Gasteiger partial charge in [0.1, 0.15) is 0 Å². The number of unbranched alkanes of at least 4 members (excludes halogenated alkanes) is 10. The average molecular weight is 557 g/mol. The van der Waals surface area contributed by atoms with Crippen LogP contribution >= 0.6 is 0 Å². The topological polar surface area (TPSA) is 6.48 Å². The number of fused-ring (bicyclic) bond motifs is 2. The second kappa shape index (κ2) is 14.8. The second-order valence-electron chi connectivity index (χ2n) is 14.0. The van der Waals surface area contributed by atoms with Gasteiger partial charge in [0.15, 0.2) is 0 Å². The summed E-state index contributed by atoms with van der Waals surface area (Å²) in [6.07, 6.45) is 22.4. The summed E-state index contributed by atoms with van der Waals surface area (Å²) in [6, 6.07) is 19.3. The Morgan fingerprint density at radius 1 is 0.585 bits per heavy atom. The van der Waals surface area contributed by atoms with Crippen LogP contribution in [-0.2, 0) is 10.8 Å². The first kappa shape index (κ1) is 31.7. The molecule has 0 N–H and O–H groups in total. The Balaban J connectivity index is 1.47. The number of rotatable bonds is 17. The molecule has 2 atom stereocenters. The van der Waals surface area contributed by atoms with E-state index >= 15 is 0 Å². The number of nitrogens with zero attached hydrogens (tertiary/aromatic N) is 2. The molecule has 0 amide bonds. The predicted octanol–water partition coefficient (Wildman–Crippen LogP) is 11.0. The highest BCUT2D eigenvalue weighted by atomic mass is 15.2. The van der Waals surface area contributed by atoms with E-state index in [4.69, 9.17) is 0 Å². The lowest BCUT2D eigenvalue weighted by atomic mass is 9.78. The van der Waals surface area contributed by atoms with Gasteiger partial charge < -0.3 is 9.80 Å². The smallest absolute Gasteiger partial charge is 0.0565 e. The van der Waals surface area contributed by atoms with Crippen LogP contribution in [-0.4, -0.2) is 25.2 Å². The maximum Gasteiger partial charge on any atom is 0.0565 e. The summed E-state index contributed by atoms with van der Waals surface area (Å²) < 4.78 is 0. The van der Waals surface area contributed by atoms with Crippen molar-refractivity contribution in [2.24, 2.45) is 0 Å². The van der Waals surface area contributed by atoms with E-state index in [-0.39, 0.29) is 10.8 Å². The van der Waals surface area contributed by atoms with Gasteiger partial charge in [0, 0.05) is 41.3 Å². The van der Waals surface area contributed by atoms with E-state index in [1.165, 1.54) is 106 Å². The van der Waals surface area contributed by atoms with Gasteiger partial charge in [-0.3, -0.25) is 0 Å². The van der Waals surface area contributed by atoms with Crippen molar-refractivity contribution in [1.29, 1.82) is 0 Å². The number of para-hydroxylation sites is 2. The van der Waals surface area contributed by atoms with E-state index in [1.54, 1.807) is 0 Å². The molecule has 2 heteroatoms. The number of anilines is 2. The molecule has 2 unspecified atom stereocenters. The van der Waals surface area contributed by atoms with Crippen molar-refractivity contribution >= 4 is 11.4 Å². The molecule has 0 spiro atoms. The summed E-state index contributed by atoms with van der Waals surface area (Å²) in [5.74, 6) is 0. The molecule has 2 aromatic rings. The van der Waals surface area contributed by atoms with Crippen LogP contribution in [0.5, 0.6) is 0 Å². The van der Waals surface area contributed by atoms with Crippen LogP contribution in [0.1, 0.15) is 136 Å². The largest absolute Gasteiger partial charge is 0.367 e. The van der Waals surface area contributed by atoms with E-state index < -0.39 is 0 Å². The lowest BCUT2D eigenvalue weighted by Gasteiger charge is -2.35. The SMILES string of the molecule is CCCCCCCCN1c2ccccc2C(C)(C)C1/C=C/CC1N(CCCCCCCC)c2ccccc2C1(C)C. The Bertz CT molecular complexity index is 1100. The first-order valence-electron chi connectivity index (χ1n) is 17.2. The van der Waals surface area contributed by atoms with Crippen LogP contribution in [0.3, 0.4) is 0 Å². The van der Waals surface area contributed by atoms with Gasteiger partial charge in [0.2, 0.25) is 0 Å². The summed E-state index contributed by atoms with van der Waals surface area (Å²) in [4.78, 5) is 5.50. The lowest BCUT2D eigenvalue weighted by Crippen LogP contribution is -2.42. The Hall–Kier alpha value is -2.22. The highest BCUT2D eigenvalue weighted by Gasteiger charge is 2.45. The molecule has 0 aromatic heterocycles. The Morgan fingerprint density at radius 3 is 1.63 bits per heavy atom. The van der Waals surface area contributed by atoms with Crippen LogP contribution in [0, 0.1) is 0 Å². The second-order valence-corrected chi connectivity index (χ2v) is 14.0. The third-order valence-corrected chi connectivity index (χ3v) is 10.3. The molecular weight excluding hydrogens is 496 g/mol. The quantitative estimate of drug-likeness (QED) is 0.141. The number of hydrogen-bond donors (Lipinski definition) is 0. The monoisotopic (exact) mass is 556 g/mol. The molecule has 0 saturated carbocycles. The van der Waals surface area contributed by atoms with Crippen LogP contribution in [0.2, 0.25) is 0 Å². The predicted molar refractivity (Wildman–Crippen MR) is 182 cm³/mol. The molecule has 226 valence electrons. The Labute approximate surface area is 253 Å². The van der Waals surface area contributed by atoms with Gasteiger partial charge in [-0.1, -0.05) is 154 Å². The zero-order valence-corrected chi connectivity index (χ0v) is 27.4. The molecule has 2 aliphatic heterocycles. The minimum atomic E-state index is 0.113. The van der Waals surface area contributed by atoms with Gasteiger partial charge in [-0.05, 0) is 42.5 Å². The normalized spacial score (nSPS) is 20.6. The minimum absolute atomic E-state index is 0.113. The maximum absolute atomic E-state index is 2.77. The van der Waals surface area contributed by atoms with Gasteiger partial charge in [-0.25, -0.2) is 0 Å². The van der Waals surface area contributed by atoms with Gasteiger partial charge in [0.25, 0.3) is 0 Å². The first-order valence-corrected chi connectivity index (χ1v) is 17.2. The Morgan fingerprint density at radius 2 is 1.05 bits per heavy atom. The van der Waals surface area contributed by atoms with Crippen molar-refractivity contribution in [3.63, 3.8) is 0 Å². The zero-order chi connectivity index (χ0) is 29.3. The Kier molecular flexibility index (Phi) is 11.4. The van der Waals surface area contributed by atoms with Crippen LogP contribution in [0.25, 0.3) is 0 Å². The van der Waals surface area contributed by atoms with Crippen molar-refractivity contribution in [3.05, 3.63) is 71.8 Å². The molecule has 0 aliphatic carbocycles. The minimum Gasteiger partial charge on any atom is -0.367 e. The van der Waals surface area contributed by atoms with Crippen molar-refractivity contribution in [2.75, 3.05) is 22.9 Å². The van der Waals surface area contributed by atoms with Crippen molar-refractivity contribution in [2.45, 2.75) is 148 Å². The summed E-state index contributed by atoms with van der Waals surface area (Å²) in [6.45, 7) is 16.8. The van der Waals surface area contributed by atoms with Gasteiger partial charge in [0.05, 0.1) is 6.04 Å². The van der Waals surface area contributed by atoms with Gasteiger partial charge in [-0.15, -0.1) is 0 Å². The first-order chi connectivity index (χ1) is 19.8. The van der Waals surface area contributed by atoms with E-state index in [0.717, 1.165) is 13.0 Å². The fourth-order valence-corrected chi connectivity index (χ4v) is 7.74. The zero-order valence-electron chi connectivity index (χ0n) is 27.4. The summed E-state index contributed by atoms with van der Waals surface area (Å²) in [5, 5.41) is 0. The highest BCUT2D eigenvalue weighted by Crippen LogP contribution is 2.48. The molecule has 41 heavy (non-hydrogen) atoms. The van der Waals surface area contributed by atoms with E-state index in [0.29, 0.717) is 12.1 Å². The summed E-state index contributed by atoms with van der Waals surface area (Å²) >= 11 is 0. The van der Waals surface area contributed by atoms with Crippen molar-refractivity contribution < 1.29 is 0 Å². The molecule has 2 aromatic carbocycles. The maximum atomic E-state index is 2.77. The highest BCUT2D eigenvalue weighted by molar-refractivity contribution is 5.66. The van der Waals surface area contributed by atoms with Crippen molar-refractivity contribution in [1.82, 2.24) is 0 Å². The lowest BCUT2D eigenvalue weighted by molar-refractivity contribution is 0.411. The molecule has 2 aliphatic rings. The molecule has 2 heterocycles. The molecule has 0 radical (unpaired) electrons.